The van der Waals surface area contributed by atoms with Crippen molar-refractivity contribution in [1.82, 2.24) is 19.7 Å². The molecule has 0 aromatic carbocycles. The molecule has 0 saturated carbocycles. The number of aliphatic hydroxyl groups is 2. The van der Waals surface area contributed by atoms with E-state index in [4.69, 9.17) is 15.6 Å². The first kappa shape index (κ1) is 13.5. The Morgan fingerprint density at radius 2 is 2.35 bits per heavy atom. The molecule has 0 amide bonds. The lowest BCUT2D eigenvalue weighted by Gasteiger charge is -2.12. The Bertz CT molecular complexity index is 713. The number of aliphatic hydroxyl groups excluding tert-OH is 2. The van der Waals surface area contributed by atoms with E-state index in [9.17, 15) is 9.90 Å². The van der Waals surface area contributed by atoms with Crippen molar-refractivity contribution in [3.05, 3.63) is 15.0 Å². The Labute approximate surface area is 120 Å². The number of hydrogen-bond donors (Lipinski definition) is 4. The van der Waals surface area contributed by atoms with E-state index in [-0.39, 0.29) is 30.0 Å². The van der Waals surface area contributed by atoms with Gasteiger partial charge in [-0.2, -0.15) is 10.1 Å². The average Bonchev–Trinajstić information content (AvgIpc) is 2.90. The van der Waals surface area contributed by atoms with Crippen LogP contribution in [0.1, 0.15) is 12.6 Å². The van der Waals surface area contributed by atoms with Crippen LogP contribution in [0.4, 0.5) is 5.95 Å². The van der Waals surface area contributed by atoms with E-state index < -0.39 is 24.0 Å². The standard InChI is InChI=1S/C10H12BrN5O4/c11-7-6-8(13-10(12)14-9(6)19)16(15-7)5-1-3(18)4(2-17)20-5/h3-5,17-18H,1-2H2,(H3,12,13,14,19)/t3-,4-,5-/m1/s1. The number of fused-ring (bicyclic) bond motifs is 1. The molecule has 20 heavy (non-hydrogen) atoms. The van der Waals surface area contributed by atoms with Gasteiger partial charge in [0.2, 0.25) is 5.95 Å². The van der Waals surface area contributed by atoms with Crippen molar-refractivity contribution in [3.8, 4) is 0 Å². The summed E-state index contributed by atoms with van der Waals surface area (Å²) in [5, 5.41) is 23.3. The molecule has 0 aliphatic carbocycles. The number of rotatable bonds is 2. The molecule has 0 radical (unpaired) electrons. The Morgan fingerprint density at radius 3 is 3.00 bits per heavy atom. The summed E-state index contributed by atoms with van der Waals surface area (Å²) >= 11 is 3.19. The summed E-state index contributed by atoms with van der Waals surface area (Å²) in [5.41, 5.74) is 5.37. The fourth-order valence-electron chi connectivity index (χ4n) is 2.25. The maximum Gasteiger partial charge on any atom is 0.264 e. The summed E-state index contributed by atoms with van der Waals surface area (Å²) in [6, 6.07) is 0. The first-order valence-corrected chi connectivity index (χ1v) is 6.68. The number of nitrogens with one attached hydrogen (secondary N) is 1. The molecule has 1 aliphatic heterocycles. The summed E-state index contributed by atoms with van der Waals surface area (Å²) < 4.78 is 7.19. The highest BCUT2D eigenvalue weighted by atomic mass is 79.9. The summed E-state index contributed by atoms with van der Waals surface area (Å²) in [7, 11) is 0. The first-order valence-electron chi connectivity index (χ1n) is 5.89. The molecule has 5 N–H and O–H groups in total. The molecule has 2 aromatic heterocycles. The van der Waals surface area contributed by atoms with E-state index >= 15 is 0 Å². The van der Waals surface area contributed by atoms with Crippen LogP contribution in [0.5, 0.6) is 0 Å². The third kappa shape index (κ3) is 2.00. The Hall–Kier alpha value is -1.49. The number of nitrogens with two attached hydrogens (primary N) is 1. The second-order valence-electron chi connectivity index (χ2n) is 4.50. The molecule has 3 heterocycles. The molecule has 108 valence electrons. The second kappa shape index (κ2) is 4.81. The molecular weight excluding hydrogens is 334 g/mol. The van der Waals surface area contributed by atoms with E-state index in [1.165, 1.54) is 4.68 Å². The van der Waals surface area contributed by atoms with Gasteiger partial charge in [-0.05, 0) is 15.9 Å². The van der Waals surface area contributed by atoms with Crippen LogP contribution in [0.25, 0.3) is 11.0 Å². The van der Waals surface area contributed by atoms with Crippen molar-refractivity contribution in [1.29, 1.82) is 0 Å². The van der Waals surface area contributed by atoms with Gasteiger partial charge in [0.1, 0.15) is 16.1 Å². The lowest BCUT2D eigenvalue weighted by atomic mass is 10.2. The van der Waals surface area contributed by atoms with Gasteiger partial charge >= 0.3 is 0 Å². The van der Waals surface area contributed by atoms with Crippen molar-refractivity contribution in [3.63, 3.8) is 0 Å². The third-order valence-electron chi connectivity index (χ3n) is 3.19. The number of aromatic amines is 1. The molecule has 10 heteroatoms. The number of halogens is 1. The van der Waals surface area contributed by atoms with Crippen LogP contribution in [-0.2, 0) is 4.74 Å². The number of aromatic nitrogens is 4. The van der Waals surface area contributed by atoms with Gasteiger partial charge in [0.25, 0.3) is 5.56 Å². The third-order valence-corrected chi connectivity index (χ3v) is 3.75. The van der Waals surface area contributed by atoms with Gasteiger partial charge in [0, 0.05) is 6.42 Å². The zero-order chi connectivity index (χ0) is 14.4. The van der Waals surface area contributed by atoms with Gasteiger partial charge in [0.15, 0.2) is 11.9 Å². The van der Waals surface area contributed by atoms with E-state index in [0.717, 1.165) is 0 Å². The molecule has 1 fully saturated rings. The Morgan fingerprint density at radius 1 is 1.60 bits per heavy atom. The molecule has 3 atom stereocenters. The molecule has 0 bridgehead atoms. The second-order valence-corrected chi connectivity index (χ2v) is 5.25. The predicted octanol–water partition coefficient (Wildman–Crippen LogP) is -0.895. The smallest absolute Gasteiger partial charge is 0.264 e. The summed E-state index contributed by atoms with van der Waals surface area (Å²) in [5.74, 6) is -0.0339. The van der Waals surface area contributed by atoms with E-state index in [2.05, 4.69) is 31.0 Å². The largest absolute Gasteiger partial charge is 0.394 e. The van der Waals surface area contributed by atoms with Crippen LogP contribution in [-0.4, -0.2) is 48.8 Å². The molecule has 0 unspecified atom stereocenters. The van der Waals surface area contributed by atoms with Crippen molar-refractivity contribution < 1.29 is 14.9 Å². The quantitative estimate of drug-likeness (QED) is 0.553. The predicted molar refractivity (Wildman–Crippen MR) is 71.9 cm³/mol. The van der Waals surface area contributed by atoms with Gasteiger partial charge in [-0.25, -0.2) is 4.68 Å². The normalized spacial score (nSPS) is 26.4. The lowest BCUT2D eigenvalue weighted by Crippen LogP contribution is -2.24. The zero-order valence-corrected chi connectivity index (χ0v) is 11.7. The minimum Gasteiger partial charge on any atom is -0.394 e. The molecule has 9 nitrogen and oxygen atoms in total. The molecule has 1 aliphatic rings. The Balaban J connectivity index is 2.11. The minimum atomic E-state index is -0.803. The molecule has 2 aromatic rings. The van der Waals surface area contributed by atoms with Gasteiger partial charge in [-0.1, -0.05) is 0 Å². The van der Waals surface area contributed by atoms with Crippen molar-refractivity contribution in [2.45, 2.75) is 24.9 Å². The number of anilines is 1. The van der Waals surface area contributed by atoms with Crippen LogP contribution < -0.4 is 11.3 Å². The van der Waals surface area contributed by atoms with Gasteiger partial charge in [0.05, 0.1) is 12.7 Å². The highest BCUT2D eigenvalue weighted by Gasteiger charge is 2.36. The Kier molecular flexibility index (Phi) is 3.24. The summed E-state index contributed by atoms with van der Waals surface area (Å²) in [4.78, 5) is 18.3. The first-order chi connectivity index (χ1) is 9.51. The van der Waals surface area contributed by atoms with Crippen LogP contribution in [0.2, 0.25) is 0 Å². The van der Waals surface area contributed by atoms with Crippen LogP contribution >= 0.6 is 15.9 Å². The molecule has 1 saturated heterocycles. The molecule has 0 spiro atoms. The van der Waals surface area contributed by atoms with Crippen molar-refractivity contribution >= 4 is 32.9 Å². The monoisotopic (exact) mass is 345 g/mol. The fraction of sp³-hybridized carbons (Fsp3) is 0.500. The van der Waals surface area contributed by atoms with E-state index in [1.54, 1.807) is 0 Å². The highest BCUT2D eigenvalue weighted by Crippen LogP contribution is 2.31. The van der Waals surface area contributed by atoms with Crippen molar-refractivity contribution in [2.24, 2.45) is 0 Å². The van der Waals surface area contributed by atoms with Crippen LogP contribution in [0.3, 0.4) is 0 Å². The number of ether oxygens (including phenoxy) is 1. The average molecular weight is 346 g/mol. The summed E-state index contributed by atoms with van der Waals surface area (Å²) in [6.07, 6.45) is -1.87. The van der Waals surface area contributed by atoms with Gasteiger partial charge < -0.3 is 20.7 Å². The number of nitrogen functional groups attached to an aromatic ring is 1. The zero-order valence-electron chi connectivity index (χ0n) is 10.2. The van der Waals surface area contributed by atoms with E-state index in [1.807, 2.05) is 0 Å². The fourth-order valence-corrected chi connectivity index (χ4v) is 2.78. The molecule has 3 rings (SSSR count). The SMILES string of the molecule is Nc1nc2c(c(Br)nn2[C@H]2C[C@@H](O)[C@@H](CO)O2)c(=O)[nH]1. The van der Waals surface area contributed by atoms with E-state index in [0.29, 0.717) is 4.60 Å². The summed E-state index contributed by atoms with van der Waals surface area (Å²) in [6.45, 7) is -0.297. The maximum atomic E-state index is 11.8. The lowest BCUT2D eigenvalue weighted by molar-refractivity contribution is -0.0471. The number of hydrogen-bond acceptors (Lipinski definition) is 7. The van der Waals surface area contributed by atoms with Crippen LogP contribution in [0.15, 0.2) is 9.40 Å². The van der Waals surface area contributed by atoms with Gasteiger partial charge in [-0.15, -0.1) is 0 Å². The molecular formula is C10H12BrN5O4. The van der Waals surface area contributed by atoms with Gasteiger partial charge in [-0.3, -0.25) is 9.78 Å². The van der Waals surface area contributed by atoms with Crippen LogP contribution in [0, 0.1) is 0 Å². The minimum absolute atomic E-state index is 0.0339. The number of H-pyrrole nitrogens is 1. The topological polar surface area (TPSA) is 139 Å². The van der Waals surface area contributed by atoms with Crippen molar-refractivity contribution in [2.75, 3.05) is 12.3 Å². The maximum absolute atomic E-state index is 11.8. The highest BCUT2D eigenvalue weighted by molar-refractivity contribution is 9.10. The number of nitrogens with zero attached hydrogens (tertiary/aromatic N) is 3.